The van der Waals surface area contributed by atoms with Gasteiger partial charge in [0.2, 0.25) is 0 Å². The van der Waals surface area contributed by atoms with Crippen molar-refractivity contribution in [2.45, 2.75) is 18.4 Å². The Kier molecular flexibility index (Phi) is 2.76. The molecule has 0 radical (unpaired) electrons. The molecule has 1 aliphatic heterocycles. The first-order valence-electron chi connectivity index (χ1n) is 5.27. The smallest absolute Gasteiger partial charge is 0.123 e. The molecule has 15 heavy (non-hydrogen) atoms. The number of rotatable bonds is 1. The van der Waals surface area contributed by atoms with Crippen molar-refractivity contribution >= 4 is 0 Å². The molecule has 0 bridgehead atoms. The normalized spacial score (nSPS) is 27.9. The molecule has 1 saturated heterocycles. The minimum absolute atomic E-state index is 0.283. The number of benzene rings is 1. The van der Waals surface area contributed by atoms with Crippen LogP contribution in [0.3, 0.4) is 0 Å². The molecule has 1 fully saturated rings. The van der Waals surface area contributed by atoms with Crippen LogP contribution in [-0.2, 0) is 5.60 Å². The van der Waals surface area contributed by atoms with Crippen molar-refractivity contribution in [3.8, 4) is 0 Å². The van der Waals surface area contributed by atoms with Gasteiger partial charge >= 0.3 is 0 Å². The highest BCUT2D eigenvalue weighted by molar-refractivity contribution is 5.24. The third-order valence-electron chi connectivity index (χ3n) is 3.02. The Morgan fingerprint density at radius 3 is 2.93 bits per heavy atom. The van der Waals surface area contributed by atoms with E-state index in [0.717, 1.165) is 13.0 Å². The molecule has 1 N–H and O–H groups in total. The Hall–Kier alpha value is -0.930. The molecular formula is C12H16FNO. The van der Waals surface area contributed by atoms with E-state index in [1.54, 1.807) is 12.1 Å². The van der Waals surface area contributed by atoms with Crippen LogP contribution >= 0.6 is 0 Å². The summed E-state index contributed by atoms with van der Waals surface area (Å²) in [6, 6.07) is 6.28. The van der Waals surface area contributed by atoms with Crippen molar-refractivity contribution in [1.29, 1.82) is 0 Å². The topological polar surface area (TPSA) is 23.5 Å². The van der Waals surface area contributed by atoms with Crippen LogP contribution < -0.4 is 0 Å². The van der Waals surface area contributed by atoms with Gasteiger partial charge in [-0.1, -0.05) is 12.1 Å². The number of hydrogen-bond donors (Lipinski definition) is 1. The van der Waals surface area contributed by atoms with Gasteiger partial charge in [0, 0.05) is 6.54 Å². The first-order valence-corrected chi connectivity index (χ1v) is 5.27. The van der Waals surface area contributed by atoms with Crippen LogP contribution in [0.15, 0.2) is 24.3 Å². The molecule has 1 aliphatic rings. The van der Waals surface area contributed by atoms with Crippen molar-refractivity contribution in [3.05, 3.63) is 35.6 Å². The summed E-state index contributed by atoms with van der Waals surface area (Å²) in [6.07, 6.45) is 1.66. The lowest BCUT2D eigenvalue weighted by Gasteiger charge is -2.37. The van der Waals surface area contributed by atoms with Gasteiger partial charge in [0.25, 0.3) is 0 Å². The Morgan fingerprint density at radius 2 is 2.27 bits per heavy atom. The van der Waals surface area contributed by atoms with Gasteiger partial charge < -0.3 is 10.0 Å². The quantitative estimate of drug-likeness (QED) is 0.761. The number of β-amino-alcohol motifs (C(OH)–C–C–N with tert-alkyl or cyclic N) is 1. The molecule has 3 heteroatoms. The van der Waals surface area contributed by atoms with Gasteiger partial charge in [-0.15, -0.1) is 0 Å². The molecule has 1 aromatic rings. The maximum absolute atomic E-state index is 13.1. The third-order valence-corrected chi connectivity index (χ3v) is 3.02. The molecule has 1 atom stereocenters. The number of likely N-dealkylation sites (tertiary alicyclic amines) is 1. The first kappa shape index (κ1) is 10.6. The minimum Gasteiger partial charge on any atom is -0.384 e. The molecule has 2 rings (SSSR count). The Balaban J connectivity index is 2.28. The molecular weight excluding hydrogens is 193 g/mol. The highest BCUT2D eigenvalue weighted by atomic mass is 19.1. The average Bonchev–Trinajstić information content (AvgIpc) is 2.17. The number of piperidine rings is 1. The van der Waals surface area contributed by atoms with Crippen LogP contribution in [0.2, 0.25) is 0 Å². The Morgan fingerprint density at radius 1 is 1.47 bits per heavy atom. The molecule has 0 aliphatic carbocycles. The molecule has 1 heterocycles. The molecule has 2 nitrogen and oxygen atoms in total. The third kappa shape index (κ3) is 2.19. The van der Waals surface area contributed by atoms with Gasteiger partial charge in [0.15, 0.2) is 0 Å². The zero-order chi connectivity index (χ0) is 10.9. The summed E-state index contributed by atoms with van der Waals surface area (Å²) >= 11 is 0. The molecule has 82 valence electrons. The first-order chi connectivity index (χ1) is 7.10. The number of hydrogen-bond acceptors (Lipinski definition) is 2. The fraction of sp³-hybridized carbons (Fsp3) is 0.500. The van der Waals surface area contributed by atoms with Gasteiger partial charge in [0.05, 0.1) is 0 Å². The number of likely N-dealkylation sites (N-methyl/N-ethyl adjacent to an activating group) is 1. The fourth-order valence-electron chi connectivity index (χ4n) is 2.26. The largest absolute Gasteiger partial charge is 0.384 e. The Bertz CT molecular complexity index is 355. The van der Waals surface area contributed by atoms with E-state index in [9.17, 15) is 9.50 Å². The molecule has 0 amide bonds. The van der Waals surface area contributed by atoms with Crippen molar-refractivity contribution in [3.63, 3.8) is 0 Å². The van der Waals surface area contributed by atoms with Crippen LogP contribution in [0.25, 0.3) is 0 Å². The summed E-state index contributed by atoms with van der Waals surface area (Å²) in [4.78, 5) is 2.08. The van der Waals surface area contributed by atoms with Crippen LogP contribution in [-0.4, -0.2) is 30.1 Å². The summed E-state index contributed by atoms with van der Waals surface area (Å²) in [6.45, 7) is 1.58. The lowest BCUT2D eigenvalue weighted by Crippen LogP contribution is -2.44. The average molecular weight is 209 g/mol. The monoisotopic (exact) mass is 209 g/mol. The Labute approximate surface area is 89.3 Å². The van der Waals surface area contributed by atoms with E-state index >= 15 is 0 Å². The standard InChI is InChI=1S/C12H16FNO/c1-14-7-3-6-12(15,9-14)10-4-2-5-11(13)8-10/h2,4-5,8,15H,3,6-7,9H2,1H3. The van der Waals surface area contributed by atoms with Crippen molar-refractivity contribution in [2.75, 3.05) is 20.1 Å². The summed E-state index contributed by atoms with van der Waals surface area (Å²) in [5.74, 6) is -0.283. The highest BCUT2D eigenvalue weighted by Gasteiger charge is 2.33. The molecule has 0 aromatic heterocycles. The van der Waals surface area contributed by atoms with Gasteiger partial charge in [-0.2, -0.15) is 0 Å². The second-order valence-electron chi connectivity index (χ2n) is 4.38. The van der Waals surface area contributed by atoms with E-state index in [1.807, 2.05) is 7.05 Å². The minimum atomic E-state index is -0.880. The molecule has 0 spiro atoms. The highest BCUT2D eigenvalue weighted by Crippen LogP contribution is 2.30. The summed E-state index contributed by atoms with van der Waals surface area (Å²) in [7, 11) is 1.98. The van der Waals surface area contributed by atoms with Crippen LogP contribution in [0.4, 0.5) is 4.39 Å². The zero-order valence-corrected chi connectivity index (χ0v) is 8.91. The van der Waals surface area contributed by atoms with Crippen LogP contribution in [0.5, 0.6) is 0 Å². The van der Waals surface area contributed by atoms with E-state index < -0.39 is 5.60 Å². The number of nitrogens with zero attached hydrogens (tertiary/aromatic N) is 1. The fourth-order valence-corrected chi connectivity index (χ4v) is 2.26. The van der Waals surface area contributed by atoms with E-state index in [2.05, 4.69) is 4.90 Å². The lowest BCUT2D eigenvalue weighted by molar-refractivity contribution is -0.0279. The maximum atomic E-state index is 13.1. The van der Waals surface area contributed by atoms with E-state index in [1.165, 1.54) is 12.1 Å². The summed E-state index contributed by atoms with van der Waals surface area (Å²) in [5.41, 5.74) is -0.191. The van der Waals surface area contributed by atoms with Crippen LogP contribution in [0.1, 0.15) is 18.4 Å². The van der Waals surface area contributed by atoms with Gasteiger partial charge in [-0.05, 0) is 44.1 Å². The zero-order valence-electron chi connectivity index (χ0n) is 8.91. The second kappa shape index (κ2) is 3.91. The summed E-state index contributed by atoms with van der Waals surface area (Å²) < 4.78 is 13.1. The second-order valence-corrected chi connectivity index (χ2v) is 4.38. The molecule has 0 saturated carbocycles. The van der Waals surface area contributed by atoms with Gasteiger partial charge in [-0.25, -0.2) is 4.39 Å². The lowest BCUT2D eigenvalue weighted by atomic mass is 9.86. The maximum Gasteiger partial charge on any atom is 0.123 e. The van der Waals surface area contributed by atoms with Crippen molar-refractivity contribution in [1.82, 2.24) is 4.90 Å². The number of aliphatic hydroxyl groups is 1. The van der Waals surface area contributed by atoms with Crippen molar-refractivity contribution < 1.29 is 9.50 Å². The predicted molar refractivity (Wildman–Crippen MR) is 57.0 cm³/mol. The van der Waals surface area contributed by atoms with E-state index in [-0.39, 0.29) is 5.82 Å². The van der Waals surface area contributed by atoms with Crippen LogP contribution in [0, 0.1) is 5.82 Å². The van der Waals surface area contributed by atoms with E-state index in [4.69, 9.17) is 0 Å². The number of halogens is 1. The van der Waals surface area contributed by atoms with Gasteiger partial charge in [-0.3, -0.25) is 0 Å². The SMILES string of the molecule is CN1CCCC(O)(c2cccc(F)c2)C1. The van der Waals surface area contributed by atoms with Crippen molar-refractivity contribution in [2.24, 2.45) is 0 Å². The van der Waals surface area contributed by atoms with E-state index in [0.29, 0.717) is 18.5 Å². The predicted octanol–water partition coefficient (Wildman–Crippen LogP) is 1.74. The summed E-state index contributed by atoms with van der Waals surface area (Å²) in [5, 5.41) is 10.4. The molecule has 1 aromatic carbocycles. The van der Waals surface area contributed by atoms with Gasteiger partial charge in [0.1, 0.15) is 11.4 Å². The molecule has 1 unspecified atom stereocenters.